The smallest absolute Gasteiger partial charge is 0.276 e. The van der Waals surface area contributed by atoms with Gasteiger partial charge in [0, 0.05) is 61.6 Å². The highest BCUT2D eigenvalue weighted by atomic mass is 16.5. The lowest BCUT2D eigenvalue weighted by molar-refractivity contribution is -0.0875. The van der Waals surface area contributed by atoms with Crippen molar-refractivity contribution < 1.29 is 14.3 Å². The molecule has 0 spiro atoms. The van der Waals surface area contributed by atoms with Gasteiger partial charge in [0.2, 0.25) is 0 Å². The van der Waals surface area contributed by atoms with E-state index in [2.05, 4.69) is 27.9 Å². The van der Waals surface area contributed by atoms with Crippen LogP contribution in [-0.4, -0.2) is 61.2 Å². The monoisotopic (exact) mass is 635 g/mol. The van der Waals surface area contributed by atoms with E-state index in [-0.39, 0.29) is 29.6 Å². The molecular formula is C36H41N7O4. The van der Waals surface area contributed by atoms with Crippen LogP contribution in [0.2, 0.25) is 0 Å². The standard InChI is InChI=1S/C36H41N7O4/c1-5-27-28(12-14-37-33(27)42-16-15-41-30-9-7-6-8-24(30)19-31(41)36(42)46)26-18-29(35(45)40(4)21-26)39-32-11-10-25(20-38-32)34(44)43-22(2)13-17-47-23(43)3/h10-12,14,18-23H,5-9,13,15-17H2,1-4H3,(H,38,39)/t22-,23-/m1/s1. The number of hydrogen-bond donors (Lipinski definition) is 1. The van der Waals surface area contributed by atoms with Gasteiger partial charge >= 0.3 is 0 Å². The SMILES string of the molecule is CCc1c(-c2cc(Nc3ccc(C(=O)N4[C@H](C)CCO[C@@H]4C)cn3)c(=O)n(C)c2)ccnc1N1CCn2c(cc3c2CCCC3)C1=O. The van der Waals surface area contributed by atoms with Crippen molar-refractivity contribution in [3.63, 3.8) is 0 Å². The fraction of sp³-hybridized carbons (Fsp3) is 0.417. The van der Waals surface area contributed by atoms with Gasteiger partial charge in [0.05, 0.1) is 12.2 Å². The maximum atomic E-state index is 13.9. The number of ether oxygens (including phenoxy) is 1. The molecule has 4 aromatic rings. The number of anilines is 3. The van der Waals surface area contributed by atoms with Gasteiger partial charge in [0.25, 0.3) is 17.4 Å². The van der Waals surface area contributed by atoms with Gasteiger partial charge in [-0.3, -0.25) is 19.3 Å². The Morgan fingerprint density at radius 2 is 1.89 bits per heavy atom. The van der Waals surface area contributed by atoms with Gasteiger partial charge in [0.1, 0.15) is 29.2 Å². The van der Waals surface area contributed by atoms with Crippen molar-refractivity contribution in [2.45, 2.75) is 78.1 Å². The highest BCUT2D eigenvalue weighted by molar-refractivity contribution is 6.06. The summed E-state index contributed by atoms with van der Waals surface area (Å²) in [7, 11) is 1.72. The third kappa shape index (κ3) is 5.52. The van der Waals surface area contributed by atoms with E-state index < -0.39 is 0 Å². The number of fused-ring (bicyclic) bond motifs is 3. The van der Waals surface area contributed by atoms with Crippen LogP contribution >= 0.6 is 0 Å². The molecule has 3 aliphatic rings. The van der Waals surface area contributed by atoms with E-state index in [4.69, 9.17) is 9.72 Å². The zero-order chi connectivity index (χ0) is 32.8. The summed E-state index contributed by atoms with van der Waals surface area (Å²) in [6.07, 6.45) is 10.6. The number of aromatic nitrogens is 4. The van der Waals surface area contributed by atoms with Crippen molar-refractivity contribution >= 4 is 29.1 Å². The Hall–Kier alpha value is -4.77. The maximum absolute atomic E-state index is 13.9. The lowest BCUT2D eigenvalue weighted by atomic mass is 9.98. The molecule has 4 aromatic heterocycles. The van der Waals surface area contributed by atoms with Crippen LogP contribution in [0.15, 0.2) is 53.7 Å². The summed E-state index contributed by atoms with van der Waals surface area (Å²) in [5.41, 5.74) is 6.63. The average Bonchev–Trinajstić information content (AvgIpc) is 3.46. The van der Waals surface area contributed by atoms with Gasteiger partial charge in [-0.1, -0.05) is 6.92 Å². The summed E-state index contributed by atoms with van der Waals surface area (Å²) >= 11 is 0. The first kappa shape index (κ1) is 30.9. The molecule has 0 saturated carbocycles. The van der Waals surface area contributed by atoms with E-state index in [0.29, 0.717) is 42.5 Å². The lowest BCUT2D eigenvalue weighted by Gasteiger charge is -2.38. The summed E-state index contributed by atoms with van der Waals surface area (Å²) in [4.78, 5) is 53.1. The van der Waals surface area contributed by atoms with Crippen LogP contribution < -0.4 is 15.8 Å². The molecule has 47 heavy (non-hydrogen) atoms. The highest BCUT2D eigenvalue weighted by Crippen LogP contribution is 2.35. The minimum absolute atomic E-state index is 0.0162. The first-order chi connectivity index (χ1) is 22.7. The fourth-order valence-corrected chi connectivity index (χ4v) is 7.35. The number of carbonyl (C=O) groups is 2. The molecule has 11 heteroatoms. The molecule has 0 bridgehead atoms. The Labute approximate surface area is 274 Å². The van der Waals surface area contributed by atoms with E-state index in [9.17, 15) is 14.4 Å². The molecule has 1 N–H and O–H groups in total. The number of nitrogens with zero attached hydrogens (tertiary/aromatic N) is 6. The van der Waals surface area contributed by atoms with Crippen molar-refractivity contribution in [2.75, 3.05) is 23.4 Å². The number of nitrogens with one attached hydrogen (secondary N) is 1. The predicted molar refractivity (Wildman–Crippen MR) is 180 cm³/mol. The number of hydrogen-bond acceptors (Lipinski definition) is 7. The fourth-order valence-electron chi connectivity index (χ4n) is 7.35. The molecule has 6 heterocycles. The second-order valence-corrected chi connectivity index (χ2v) is 12.8. The van der Waals surface area contributed by atoms with Crippen molar-refractivity contribution in [3.05, 3.63) is 87.4 Å². The molecule has 0 aromatic carbocycles. The molecule has 1 aliphatic carbocycles. The molecule has 11 nitrogen and oxygen atoms in total. The second-order valence-electron chi connectivity index (χ2n) is 12.8. The molecule has 2 amide bonds. The van der Waals surface area contributed by atoms with E-state index in [1.807, 2.05) is 30.9 Å². The Kier molecular flexibility index (Phi) is 8.17. The van der Waals surface area contributed by atoms with E-state index in [0.717, 1.165) is 48.2 Å². The summed E-state index contributed by atoms with van der Waals surface area (Å²) in [6, 6.07) is 9.33. The van der Waals surface area contributed by atoms with Crippen LogP contribution in [0.1, 0.15) is 77.7 Å². The van der Waals surface area contributed by atoms with Crippen LogP contribution in [0.3, 0.4) is 0 Å². The maximum Gasteiger partial charge on any atom is 0.276 e. The second kappa shape index (κ2) is 12.4. The van der Waals surface area contributed by atoms with Gasteiger partial charge in [-0.15, -0.1) is 0 Å². The Bertz CT molecular complexity index is 1900. The van der Waals surface area contributed by atoms with Crippen LogP contribution in [-0.2, 0) is 37.6 Å². The molecule has 244 valence electrons. The zero-order valence-corrected chi connectivity index (χ0v) is 27.5. The summed E-state index contributed by atoms with van der Waals surface area (Å²) < 4.78 is 9.44. The van der Waals surface area contributed by atoms with Gasteiger partial charge in [-0.05, 0) is 93.8 Å². The summed E-state index contributed by atoms with van der Waals surface area (Å²) in [5, 5.41) is 3.17. The van der Waals surface area contributed by atoms with Crippen LogP contribution in [0.5, 0.6) is 0 Å². The largest absolute Gasteiger partial charge is 0.358 e. The number of aryl methyl sites for hydroxylation is 2. The first-order valence-electron chi connectivity index (χ1n) is 16.6. The predicted octanol–water partition coefficient (Wildman–Crippen LogP) is 5.09. The molecule has 7 rings (SSSR count). The van der Waals surface area contributed by atoms with Crippen molar-refractivity contribution in [2.24, 2.45) is 7.05 Å². The Balaban J connectivity index is 1.17. The van der Waals surface area contributed by atoms with Crippen LogP contribution in [0.4, 0.5) is 17.3 Å². The first-order valence-corrected chi connectivity index (χ1v) is 16.6. The number of carbonyl (C=O) groups excluding carboxylic acids is 2. The third-order valence-corrected chi connectivity index (χ3v) is 9.82. The van der Waals surface area contributed by atoms with Crippen molar-refractivity contribution in [1.82, 2.24) is 24.0 Å². The number of rotatable bonds is 6. The molecule has 2 aliphatic heterocycles. The normalized spacial score (nSPS) is 19.4. The Morgan fingerprint density at radius 3 is 2.66 bits per heavy atom. The minimum atomic E-state index is -0.304. The topological polar surface area (TPSA) is 115 Å². The van der Waals surface area contributed by atoms with Gasteiger partial charge in [-0.2, -0.15) is 0 Å². The van der Waals surface area contributed by atoms with Crippen molar-refractivity contribution in [1.29, 1.82) is 0 Å². The zero-order valence-electron chi connectivity index (χ0n) is 27.5. The minimum Gasteiger partial charge on any atom is -0.358 e. The molecule has 1 saturated heterocycles. The summed E-state index contributed by atoms with van der Waals surface area (Å²) in [6.45, 7) is 7.90. The number of amides is 2. The number of pyridine rings is 3. The quantitative estimate of drug-likeness (QED) is 0.314. The van der Waals surface area contributed by atoms with E-state index in [1.54, 1.807) is 36.5 Å². The van der Waals surface area contributed by atoms with Gasteiger partial charge < -0.3 is 24.1 Å². The molecular weight excluding hydrogens is 594 g/mol. The summed E-state index contributed by atoms with van der Waals surface area (Å²) in [5.74, 6) is 0.954. The van der Waals surface area contributed by atoms with Gasteiger partial charge in [0.15, 0.2) is 0 Å². The third-order valence-electron chi connectivity index (χ3n) is 9.82. The molecule has 0 unspecified atom stereocenters. The van der Waals surface area contributed by atoms with Crippen LogP contribution in [0, 0.1) is 0 Å². The van der Waals surface area contributed by atoms with E-state index >= 15 is 0 Å². The highest BCUT2D eigenvalue weighted by Gasteiger charge is 2.33. The van der Waals surface area contributed by atoms with Gasteiger partial charge in [-0.25, -0.2) is 9.97 Å². The Morgan fingerprint density at radius 1 is 1.06 bits per heavy atom. The molecule has 2 atom stereocenters. The average molecular weight is 636 g/mol. The van der Waals surface area contributed by atoms with E-state index in [1.165, 1.54) is 34.9 Å². The molecule has 0 radical (unpaired) electrons. The lowest BCUT2D eigenvalue weighted by Crippen LogP contribution is -2.50. The molecule has 1 fully saturated rings. The van der Waals surface area contributed by atoms with Crippen LogP contribution in [0.25, 0.3) is 11.1 Å². The van der Waals surface area contributed by atoms with Crippen molar-refractivity contribution in [3.8, 4) is 11.1 Å².